The summed E-state index contributed by atoms with van der Waals surface area (Å²) in [5, 5.41) is 8.99. The van der Waals surface area contributed by atoms with Gasteiger partial charge in [0, 0.05) is 21.3 Å². The van der Waals surface area contributed by atoms with Gasteiger partial charge < -0.3 is 14.0 Å². The molecule has 4 heteroatoms. The molecule has 0 aliphatic carbocycles. The lowest BCUT2D eigenvalue weighted by molar-refractivity contribution is 0.363. The van der Waals surface area contributed by atoms with Crippen molar-refractivity contribution in [3.05, 3.63) is 188 Å². The van der Waals surface area contributed by atoms with E-state index in [1.54, 1.807) is 0 Å². The highest BCUT2D eigenvalue weighted by atomic mass is 31.2. The van der Waals surface area contributed by atoms with Crippen LogP contribution in [0.25, 0.3) is 54.6 Å². The van der Waals surface area contributed by atoms with Gasteiger partial charge in [-0.3, -0.25) is 0 Å². The van der Waals surface area contributed by atoms with Gasteiger partial charge in [0.1, 0.15) is 0 Å². The summed E-state index contributed by atoms with van der Waals surface area (Å²) in [6.07, 6.45) is 0. The van der Waals surface area contributed by atoms with E-state index in [4.69, 9.17) is 9.47 Å². The third-order valence-corrected chi connectivity index (χ3v) is 13.2. The van der Waals surface area contributed by atoms with E-state index >= 15 is 4.57 Å². The third kappa shape index (κ3) is 4.71. The van der Waals surface area contributed by atoms with Crippen molar-refractivity contribution in [1.29, 1.82) is 0 Å². The largest absolute Gasteiger partial charge is 0.449 e. The second-order valence-electron chi connectivity index (χ2n) is 13.1. The van der Waals surface area contributed by atoms with Crippen LogP contribution in [0.2, 0.25) is 0 Å². The number of ether oxygens (including phenoxy) is 2. The Kier molecular flexibility index (Phi) is 7.09. The van der Waals surface area contributed by atoms with E-state index < -0.39 is 7.14 Å². The molecule has 246 valence electrons. The molecule has 0 fully saturated rings. The highest BCUT2D eigenvalue weighted by molar-refractivity contribution is 7.85. The second kappa shape index (κ2) is 12.1. The Morgan fingerprint density at radius 3 is 1.40 bits per heavy atom. The summed E-state index contributed by atoms with van der Waals surface area (Å²) in [6, 6.07) is 63.7. The highest BCUT2D eigenvalue weighted by Crippen LogP contribution is 2.53. The number of hydrogen-bond acceptors (Lipinski definition) is 3. The fourth-order valence-electron chi connectivity index (χ4n) is 7.87. The smallest absolute Gasteiger partial charge is 0.177 e. The van der Waals surface area contributed by atoms with Crippen LogP contribution in [0.15, 0.2) is 188 Å². The molecule has 0 atom stereocenters. The monoisotopic (exact) mass is 686 g/mol. The molecular formula is C48H31O3P. The van der Waals surface area contributed by atoms with Gasteiger partial charge in [0.15, 0.2) is 30.1 Å². The Morgan fingerprint density at radius 2 is 0.808 bits per heavy atom. The lowest BCUT2D eigenvalue weighted by Crippen LogP contribution is -2.25. The number of hydrogen-bond donors (Lipinski definition) is 0. The minimum absolute atomic E-state index is 0.690. The first-order valence-corrected chi connectivity index (χ1v) is 19.2. The summed E-state index contributed by atoms with van der Waals surface area (Å²) in [6.45, 7) is 0. The molecule has 3 nitrogen and oxygen atoms in total. The van der Waals surface area contributed by atoms with Gasteiger partial charge in [-0.2, -0.15) is 0 Å². The molecule has 52 heavy (non-hydrogen) atoms. The van der Waals surface area contributed by atoms with Crippen molar-refractivity contribution in [2.24, 2.45) is 0 Å². The molecule has 9 aromatic carbocycles. The fraction of sp³-hybridized carbons (Fsp3) is 0. The van der Waals surface area contributed by atoms with Crippen LogP contribution in [0.3, 0.4) is 0 Å². The zero-order chi connectivity index (χ0) is 34.6. The molecule has 1 heterocycles. The maximum Gasteiger partial charge on any atom is 0.177 e. The van der Waals surface area contributed by atoms with Crippen molar-refractivity contribution >= 4 is 55.4 Å². The van der Waals surface area contributed by atoms with Gasteiger partial charge in [0.2, 0.25) is 0 Å². The van der Waals surface area contributed by atoms with Gasteiger partial charge in [0.25, 0.3) is 0 Å². The molecule has 9 aromatic rings. The Morgan fingerprint density at radius 1 is 0.346 bits per heavy atom. The molecule has 1 aliphatic rings. The number of rotatable bonds is 5. The Bertz CT molecular complexity index is 2780. The van der Waals surface area contributed by atoms with Crippen molar-refractivity contribution < 1.29 is 14.0 Å². The molecule has 0 radical (unpaired) electrons. The molecule has 0 saturated heterocycles. The highest BCUT2D eigenvalue weighted by Gasteiger charge is 2.31. The minimum Gasteiger partial charge on any atom is -0.449 e. The van der Waals surface area contributed by atoms with Crippen LogP contribution >= 0.6 is 7.14 Å². The van der Waals surface area contributed by atoms with Gasteiger partial charge in [-0.25, -0.2) is 0 Å². The average molecular weight is 687 g/mol. The molecule has 0 saturated carbocycles. The SMILES string of the molecule is O=P(c1ccccc1)(c1ccccc1)c1cccc(-c2c3ccccc3c(-c3cc4c(c5ccccc35)Oc3ccccc3O4)c3ccccc23)c1. The predicted octanol–water partition coefficient (Wildman–Crippen LogP) is 12.0. The van der Waals surface area contributed by atoms with E-state index in [0.29, 0.717) is 17.2 Å². The lowest BCUT2D eigenvalue weighted by Gasteiger charge is -2.25. The summed E-state index contributed by atoms with van der Waals surface area (Å²) in [5.41, 5.74) is 4.34. The molecule has 0 bridgehead atoms. The van der Waals surface area contributed by atoms with E-state index in [1.807, 2.05) is 103 Å². The summed E-state index contributed by atoms with van der Waals surface area (Å²) in [5.74, 6) is 2.82. The van der Waals surface area contributed by atoms with Crippen molar-refractivity contribution in [2.75, 3.05) is 0 Å². The number of para-hydroxylation sites is 2. The van der Waals surface area contributed by atoms with Gasteiger partial charge in [-0.15, -0.1) is 0 Å². The normalized spacial score (nSPS) is 12.2. The van der Waals surface area contributed by atoms with Gasteiger partial charge >= 0.3 is 0 Å². The Balaban J connectivity index is 1.24. The molecule has 0 spiro atoms. The van der Waals surface area contributed by atoms with Crippen LogP contribution in [-0.2, 0) is 4.57 Å². The van der Waals surface area contributed by atoms with E-state index in [1.165, 1.54) is 0 Å². The molecule has 10 rings (SSSR count). The first-order chi connectivity index (χ1) is 25.7. The van der Waals surface area contributed by atoms with Crippen molar-refractivity contribution in [1.82, 2.24) is 0 Å². The quantitative estimate of drug-likeness (QED) is 0.134. The minimum atomic E-state index is -3.19. The first kappa shape index (κ1) is 30.4. The lowest BCUT2D eigenvalue weighted by atomic mass is 9.84. The van der Waals surface area contributed by atoms with Crippen LogP contribution in [0, 0.1) is 0 Å². The average Bonchev–Trinajstić information content (AvgIpc) is 3.22. The van der Waals surface area contributed by atoms with E-state index in [-0.39, 0.29) is 0 Å². The fourth-order valence-corrected chi connectivity index (χ4v) is 10.6. The van der Waals surface area contributed by atoms with Crippen molar-refractivity contribution in [3.63, 3.8) is 0 Å². The van der Waals surface area contributed by atoms with Crippen LogP contribution in [-0.4, -0.2) is 0 Å². The molecular weight excluding hydrogens is 655 g/mol. The zero-order valence-electron chi connectivity index (χ0n) is 28.1. The molecule has 0 unspecified atom stereocenters. The van der Waals surface area contributed by atoms with Crippen molar-refractivity contribution in [3.8, 4) is 45.3 Å². The van der Waals surface area contributed by atoms with Crippen LogP contribution in [0.5, 0.6) is 23.0 Å². The molecule has 0 amide bonds. The van der Waals surface area contributed by atoms with Gasteiger partial charge in [0.05, 0.1) is 0 Å². The molecule has 1 aliphatic heterocycles. The van der Waals surface area contributed by atoms with Crippen LogP contribution in [0.4, 0.5) is 0 Å². The van der Waals surface area contributed by atoms with Crippen molar-refractivity contribution in [2.45, 2.75) is 0 Å². The van der Waals surface area contributed by atoms with E-state index in [0.717, 1.165) is 76.2 Å². The van der Waals surface area contributed by atoms with E-state index in [2.05, 4.69) is 84.9 Å². The topological polar surface area (TPSA) is 35.5 Å². The first-order valence-electron chi connectivity index (χ1n) is 17.4. The zero-order valence-corrected chi connectivity index (χ0v) is 29.0. The number of fused-ring (bicyclic) bond motifs is 6. The van der Waals surface area contributed by atoms with Crippen LogP contribution < -0.4 is 25.4 Å². The standard InChI is InChI=1S/C48H31O3P/c49-52(33-17-3-1-4-18-33,34-19-5-2-6-20-34)35-21-15-16-32(30-35)46-37-23-8-10-25-39(37)47(40-26-11-9-24-38(40)46)42-31-45-48(41-27-12-7-22-36(41)42)51-44-29-14-13-28-43(44)50-45/h1-31H. The van der Waals surface area contributed by atoms with E-state index in [9.17, 15) is 0 Å². The summed E-state index contributed by atoms with van der Waals surface area (Å²) >= 11 is 0. The predicted molar refractivity (Wildman–Crippen MR) is 216 cm³/mol. The number of benzene rings is 9. The maximum absolute atomic E-state index is 15.5. The van der Waals surface area contributed by atoms with Gasteiger partial charge in [-0.1, -0.05) is 164 Å². The summed E-state index contributed by atoms with van der Waals surface area (Å²) < 4.78 is 28.5. The van der Waals surface area contributed by atoms with Gasteiger partial charge in [-0.05, 0) is 73.5 Å². The van der Waals surface area contributed by atoms with Crippen LogP contribution in [0.1, 0.15) is 0 Å². The summed E-state index contributed by atoms with van der Waals surface area (Å²) in [4.78, 5) is 0. The third-order valence-electron chi connectivity index (χ3n) is 10.2. The Labute approximate surface area is 301 Å². The second-order valence-corrected chi connectivity index (χ2v) is 15.9. The maximum atomic E-state index is 15.5. The molecule has 0 N–H and O–H groups in total. The Hall–Kier alpha value is -6.41. The molecule has 0 aromatic heterocycles. The summed E-state index contributed by atoms with van der Waals surface area (Å²) in [7, 11) is -3.19.